The van der Waals surface area contributed by atoms with E-state index in [0.717, 1.165) is 12.8 Å². The zero-order valence-electron chi connectivity index (χ0n) is 11.1. The molecule has 0 unspecified atom stereocenters. The quantitative estimate of drug-likeness (QED) is 0.272. The van der Waals surface area contributed by atoms with Crippen LogP contribution in [-0.2, 0) is 9.05 Å². The van der Waals surface area contributed by atoms with E-state index in [4.69, 9.17) is 15.4 Å². The van der Waals surface area contributed by atoms with Crippen LogP contribution in [0.5, 0.6) is 5.75 Å². The average molecular weight is 401 g/mol. The van der Waals surface area contributed by atoms with Crippen LogP contribution in [0.25, 0.3) is 0 Å². The number of rotatable bonds is 9. The average Bonchev–Trinajstić information content (AvgIpc) is 2.37. The lowest BCUT2D eigenvalue weighted by atomic mass is 10.2. The summed E-state index contributed by atoms with van der Waals surface area (Å²) in [5.41, 5.74) is -0.0855. The number of nitrogens with zero attached hydrogens (tertiary/aromatic N) is 1. The number of nitro groups is 1. The van der Waals surface area contributed by atoms with E-state index in [1.807, 2.05) is 0 Å². The molecule has 1 aromatic rings. The number of unbranched alkanes of at least 4 members (excludes halogenated alkanes) is 3. The van der Waals surface area contributed by atoms with Crippen molar-refractivity contribution in [2.75, 3.05) is 12.4 Å². The fraction of sp³-hybridized carbons (Fsp3) is 0.500. The first-order valence-corrected chi connectivity index (χ1v) is 9.56. The molecule has 0 heterocycles. The van der Waals surface area contributed by atoms with Gasteiger partial charge < -0.3 is 4.74 Å². The van der Waals surface area contributed by atoms with E-state index >= 15 is 0 Å². The molecule has 0 aliphatic rings. The van der Waals surface area contributed by atoms with Crippen molar-refractivity contribution in [3.05, 3.63) is 32.8 Å². The van der Waals surface area contributed by atoms with Crippen LogP contribution in [0.4, 0.5) is 5.69 Å². The van der Waals surface area contributed by atoms with Crippen molar-refractivity contribution in [1.29, 1.82) is 0 Å². The van der Waals surface area contributed by atoms with Gasteiger partial charge in [0.25, 0.3) is 0 Å². The lowest BCUT2D eigenvalue weighted by molar-refractivity contribution is -0.385. The zero-order chi connectivity index (χ0) is 15.9. The van der Waals surface area contributed by atoms with Crippen molar-refractivity contribution < 1.29 is 18.1 Å². The molecule has 0 saturated heterocycles. The molecule has 0 N–H and O–H groups in total. The Morgan fingerprint density at radius 1 is 1.24 bits per heavy atom. The topological polar surface area (TPSA) is 86.5 Å². The van der Waals surface area contributed by atoms with Gasteiger partial charge in [-0.1, -0.05) is 28.8 Å². The Bertz CT molecular complexity index is 593. The fourth-order valence-corrected chi connectivity index (χ4v) is 2.89. The van der Waals surface area contributed by atoms with Gasteiger partial charge in [0.05, 0.1) is 17.3 Å². The van der Waals surface area contributed by atoms with Gasteiger partial charge in [-0.05, 0) is 25.0 Å². The smallest absolute Gasteiger partial charge is 0.312 e. The standard InChI is InChI=1S/C12H15BrClNO5S/c13-10-5-6-12(11(9-10)15(16)17)20-7-3-1-2-4-8-21(14,18)19/h5-6,9H,1-4,7-8H2. The summed E-state index contributed by atoms with van der Waals surface area (Å²) in [7, 11) is 1.68. The summed E-state index contributed by atoms with van der Waals surface area (Å²) in [5.74, 6) is 0.194. The van der Waals surface area contributed by atoms with E-state index in [2.05, 4.69) is 15.9 Å². The van der Waals surface area contributed by atoms with Crippen LogP contribution in [0.1, 0.15) is 25.7 Å². The molecular weight excluding hydrogens is 386 g/mol. The van der Waals surface area contributed by atoms with Crippen LogP contribution < -0.4 is 4.74 Å². The Morgan fingerprint density at radius 2 is 1.90 bits per heavy atom. The molecule has 0 spiro atoms. The predicted octanol–water partition coefficient (Wildman–Crippen LogP) is 3.87. The van der Waals surface area contributed by atoms with Gasteiger partial charge in [0.2, 0.25) is 9.05 Å². The summed E-state index contributed by atoms with van der Waals surface area (Å²) in [6.45, 7) is 0.343. The van der Waals surface area contributed by atoms with Gasteiger partial charge in [0.15, 0.2) is 5.75 Å². The molecule has 6 nitrogen and oxygen atoms in total. The number of halogens is 2. The number of benzene rings is 1. The zero-order valence-corrected chi connectivity index (χ0v) is 14.3. The molecule has 0 radical (unpaired) electrons. The molecule has 118 valence electrons. The summed E-state index contributed by atoms with van der Waals surface area (Å²) < 4.78 is 27.4. The van der Waals surface area contributed by atoms with Crippen molar-refractivity contribution in [1.82, 2.24) is 0 Å². The maximum atomic E-state index is 10.9. The first kappa shape index (κ1) is 18.2. The summed E-state index contributed by atoms with van der Waals surface area (Å²) in [4.78, 5) is 10.4. The number of nitro benzene ring substituents is 1. The van der Waals surface area contributed by atoms with Crippen LogP contribution >= 0.6 is 26.6 Å². The minimum Gasteiger partial charge on any atom is -0.487 e. The highest BCUT2D eigenvalue weighted by Gasteiger charge is 2.15. The molecule has 21 heavy (non-hydrogen) atoms. The Labute approximate surface area is 136 Å². The lowest BCUT2D eigenvalue weighted by Crippen LogP contribution is -2.01. The van der Waals surface area contributed by atoms with Crippen LogP contribution in [0.2, 0.25) is 0 Å². The minimum absolute atomic E-state index is 0.0341. The van der Waals surface area contributed by atoms with E-state index < -0.39 is 14.0 Å². The minimum atomic E-state index is -3.42. The molecule has 0 bridgehead atoms. The van der Waals surface area contributed by atoms with Crippen LogP contribution in [0, 0.1) is 10.1 Å². The van der Waals surface area contributed by atoms with E-state index in [1.165, 1.54) is 6.07 Å². The Balaban J connectivity index is 2.32. The maximum Gasteiger partial charge on any atom is 0.312 e. The van der Waals surface area contributed by atoms with Crippen molar-refractivity contribution in [3.63, 3.8) is 0 Å². The van der Waals surface area contributed by atoms with Crippen LogP contribution in [0.15, 0.2) is 22.7 Å². The molecule has 0 amide bonds. The number of hydrogen-bond acceptors (Lipinski definition) is 5. The third kappa shape index (κ3) is 7.63. The lowest BCUT2D eigenvalue weighted by Gasteiger charge is -2.07. The Kier molecular flexibility index (Phi) is 7.41. The highest BCUT2D eigenvalue weighted by molar-refractivity contribution is 9.10. The molecule has 9 heteroatoms. The molecule has 0 aliphatic carbocycles. The van der Waals surface area contributed by atoms with E-state index in [1.54, 1.807) is 12.1 Å². The third-order valence-corrected chi connectivity index (χ3v) is 4.39. The molecular formula is C12H15BrClNO5S. The second-order valence-electron chi connectivity index (χ2n) is 4.37. The summed E-state index contributed by atoms with van der Waals surface area (Å²) >= 11 is 3.17. The highest BCUT2D eigenvalue weighted by Crippen LogP contribution is 2.30. The second-order valence-corrected chi connectivity index (χ2v) is 8.19. The molecule has 0 fully saturated rings. The Hall–Kier alpha value is -0.860. The molecule has 0 aliphatic heterocycles. The predicted molar refractivity (Wildman–Crippen MR) is 84.4 cm³/mol. The highest BCUT2D eigenvalue weighted by atomic mass is 79.9. The normalized spacial score (nSPS) is 11.3. The van der Waals surface area contributed by atoms with Crippen molar-refractivity contribution >= 4 is 41.4 Å². The van der Waals surface area contributed by atoms with Crippen LogP contribution in [-0.4, -0.2) is 25.7 Å². The monoisotopic (exact) mass is 399 g/mol. The second kappa shape index (κ2) is 8.55. The van der Waals surface area contributed by atoms with Gasteiger partial charge in [-0.3, -0.25) is 10.1 Å². The summed E-state index contributed by atoms with van der Waals surface area (Å²) in [6.07, 6.45) is 2.69. The van der Waals surface area contributed by atoms with Crippen molar-refractivity contribution in [3.8, 4) is 5.75 Å². The van der Waals surface area contributed by atoms with Gasteiger partial charge in [-0.2, -0.15) is 0 Å². The maximum absolute atomic E-state index is 10.9. The molecule has 1 aromatic carbocycles. The van der Waals surface area contributed by atoms with E-state index in [0.29, 0.717) is 23.9 Å². The van der Waals surface area contributed by atoms with Gasteiger partial charge >= 0.3 is 5.69 Å². The molecule has 1 rings (SSSR count). The van der Waals surface area contributed by atoms with E-state index in [-0.39, 0.29) is 17.2 Å². The largest absolute Gasteiger partial charge is 0.487 e. The van der Waals surface area contributed by atoms with Gasteiger partial charge in [0.1, 0.15) is 0 Å². The Morgan fingerprint density at radius 3 is 2.52 bits per heavy atom. The van der Waals surface area contributed by atoms with Gasteiger partial charge in [0, 0.05) is 21.2 Å². The first-order valence-electron chi connectivity index (χ1n) is 6.28. The first-order chi connectivity index (χ1) is 9.79. The number of ether oxygens (including phenoxy) is 1. The fourth-order valence-electron chi connectivity index (χ4n) is 1.67. The van der Waals surface area contributed by atoms with Crippen LogP contribution in [0.3, 0.4) is 0 Å². The molecule has 0 saturated carbocycles. The summed E-state index contributed by atoms with van der Waals surface area (Å²) in [5, 5.41) is 10.9. The molecule has 0 aromatic heterocycles. The van der Waals surface area contributed by atoms with Gasteiger partial charge in [-0.15, -0.1) is 0 Å². The number of hydrogen-bond donors (Lipinski definition) is 0. The SMILES string of the molecule is O=[N+]([O-])c1cc(Br)ccc1OCCCCCCS(=O)(=O)Cl. The molecule has 0 atom stereocenters. The van der Waals surface area contributed by atoms with E-state index in [9.17, 15) is 18.5 Å². The summed E-state index contributed by atoms with van der Waals surface area (Å²) in [6, 6.07) is 4.61. The van der Waals surface area contributed by atoms with Crippen molar-refractivity contribution in [2.24, 2.45) is 0 Å². The van der Waals surface area contributed by atoms with Gasteiger partial charge in [-0.25, -0.2) is 8.42 Å². The third-order valence-electron chi connectivity index (χ3n) is 2.66. The van der Waals surface area contributed by atoms with Crippen molar-refractivity contribution in [2.45, 2.75) is 25.7 Å².